The van der Waals surface area contributed by atoms with E-state index >= 15 is 0 Å². The van der Waals surface area contributed by atoms with Crippen LogP contribution in [0.15, 0.2) is 23.7 Å². The fourth-order valence-electron chi connectivity index (χ4n) is 1.96. The lowest BCUT2D eigenvalue weighted by molar-refractivity contribution is 0.620. The Morgan fingerprint density at radius 1 is 1.42 bits per heavy atom. The van der Waals surface area contributed by atoms with Gasteiger partial charge in [0.1, 0.15) is 5.82 Å². The van der Waals surface area contributed by atoms with Crippen molar-refractivity contribution in [2.75, 3.05) is 18.5 Å². The zero-order chi connectivity index (χ0) is 13.8. The van der Waals surface area contributed by atoms with Crippen molar-refractivity contribution in [3.63, 3.8) is 0 Å². The van der Waals surface area contributed by atoms with Crippen LogP contribution in [0, 0.1) is 12.7 Å². The number of halogens is 1. The second kappa shape index (κ2) is 6.12. The minimum absolute atomic E-state index is 0.199. The third-order valence-electron chi connectivity index (χ3n) is 3.08. The van der Waals surface area contributed by atoms with Crippen LogP contribution in [0.25, 0.3) is 0 Å². The van der Waals surface area contributed by atoms with Crippen molar-refractivity contribution in [2.45, 2.75) is 19.9 Å². The molecule has 1 heterocycles. The van der Waals surface area contributed by atoms with Crippen LogP contribution in [-0.2, 0) is 13.0 Å². The Kier molecular flexibility index (Phi) is 4.50. The van der Waals surface area contributed by atoms with Gasteiger partial charge in [0.25, 0.3) is 0 Å². The normalized spacial score (nSPS) is 10.7. The van der Waals surface area contributed by atoms with Crippen LogP contribution in [0.1, 0.15) is 16.1 Å². The number of hydrogen-bond donors (Lipinski definition) is 1. The number of anilines is 1. The molecule has 5 heteroatoms. The standard InChI is InChI=1S/C14H18FN3S/c1-10-14(19-9-17-10)8-18(2)13-4-3-11(5-6-16)7-12(13)15/h3-4,7,9H,5-6,8,16H2,1-2H3. The van der Waals surface area contributed by atoms with E-state index in [9.17, 15) is 4.39 Å². The largest absolute Gasteiger partial charge is 0.367 e. The Morgan fingerprint density at radius 3 is 2.79 bits per heavy atom. The molecule has 0 aliphatic heterocycles. The zero-order valence-corrected chi connectivity index (χ0v) is 12.0. The van der Waals surface area contributed by atoms with Crippen LogP contribution in [0.3, 0.4) is 0 Å². The number of nitrogens with two attached hydrogens (primary N) is 1. The molecular formula is C14H18FN3S. The van der Waals surface area contributed by atoms with E-state index in [1.54, 1.807) is 17.4 Å². The summed E-state index contributed by atoms with van der Waals surface area (Å²) in [4.78, 5) is 7.27. The monoisotopic (exact) mass is 279 g/mol. The number of rotatable bonds is 5. The second-order valence-corrected chi connectivity index (χ2v) is 5.48. The molecule has 0 aliphatic rings. The van der Waals surface area contributed by atoms with Gasteiger partial charge in [-0.25, -0.2) is 9.37 Å². The van der Waals surface area contributed by atoms with Crippen LogP contribution in [0.5, 0.6) is 0 Å². The van der Waals surface area contributed by atoms with E-state index in [-0.39, 0.29) is 5.82 Å². The van der Waals surface area contributed by atoms with Gasteiger partial charge in [-0.1, -0.05) is 6.07 Å². The third-order valence-corrected chi connectivity index (χ3v) is 4.00. The van der Waals surface area contributed by atoms with E-state index in [2.05, 4.69) is 4.98 Å². The summed E-state index contributed by atoms with van der Waals surface area (Å²) in [6.45, 7) is 3.18. The molecule has 0 saturated carbocycles. The van der Waals surface area contributed by atoms with E-state index in [1.807, 2.05) is 36.5 Å². The maximum absolute atomic E-state index is 14.1. The summed E-state index contributed by atoms with van der Waals surface area (Å²) in [6, 6.07) is 5.32. The van der Waals surface area contributed by atoms with Crippen molar-refractivity contribution in [1.82, 2.24) is 4.98 Å². The molecular weight excluding hydrogens is 261 g/mol. The summed E-state index contributed by atoms with van der Waals surface area (Å²) in [6.07, 6.45) is 0.703. The smallest absolute Gasteiger partial charge is 0.146 e. The molecule has 1 aromatic heterocycles. The maximum Gasteiger partial charge on any atom is 0.146 e. The first-order chi connectivity index (χ1) is 9.11. The number of aryl methyl sites for hydroxylation is 1. The van der Waals surface area contributed by atoms with Crippen molar-refractivity contribution in [3.8, 4) is 0 Å². The number of thiazole rings is 1. The summed E-state index contributed by atoms with van der Waals surface area (Å²) < 4.78 is 14.1. The van der Waals surface area contributed by atoms with Crippen LogP contribution in [0.2, 0.25) is 0 Å². The lowest BCUT2D eigenvalue weighted by Crippen LogP contribution is -2.17. The van der Waals surface area contributed by atoms with Gasteiger partial charge in [0, 0.05) is 11.9 Å². The van der Waals surface area contributed by atoms with E-state index < -0.39 is 0 Å². The number of nitrogens with zero attached hydrogens (tertiary/aromatic N) is 2. The molecule has 2 aromatic rings. The van der Waals surface area contributed by atoms with Gasteiger partial charge >= 0.3 is 0 Å². The lowest BCUT2D eigenvalue weighted by Gasteiger charge is -2.20. The Hall–Kier alpha value is -1.46. The summed E-state index contributed by atoms with van der Waals surface area (Å²) in [7, 11) is 1.89. The molecule has 0 aliphatic carbocycles. The molecule has 2 N–H and O–H groups in total. The third kappa shape index (κ3) is 3.30. The Bertz CT molecular complexity index is 553. The molecule has 0 spiro atoms. The van der Waals surface area contributed by atoms with E-state index in [0.717, 1.165) is 16.1 Å². The zero-order valence-electron chi connectivity index (χ0n) is 11.2. The minimum Gasteiger partial charge on any atom is -0.367 e. The minimum atomic E-state index is -0.199. The number of aromatic nitrogens is 1. The average Bonchev–Trinajstić information content (AvgIpc) is 2.75. The summed E-state index contributed by atoms with van der Waals surface area (Å²) >= 11 is 1.60. The maximum atomic E-state index is 14.1. The highest BCUT2D eigenvalue weighted by Crippen LogP contribution is 2.23. The fourth-order valence-corrected chi connectivity index (χ4v) is 2.79. The highest BCUT2D eigenvalue weighted by molar-refractivity contribution is 7.09. The van der Waals surface area contributed by atoms with E-state index in [4.69, 9.17) is 5.73 Å². The van der Waals surface area contributed by atoms with Crippen molar-refractivity contribution in [2.24, 2.45) is 5.73 Å². The average molecular weight is 279 g/mol. The molecule has 0 atom stereocenters. The molecule has 0 saturated heterocycles. The molecule has 0 fully saturated rings. The van der Waals surface area contributed by atoms with Gasteiger partial charge in [-0.2, -0.15) is 0 Å². The van der Waals surface area contributed by atoms with Gasteiger partial charge in [0.2, 0.25) is 0 Å². The summed E-state index contributed by atoms with van der Waals surface area (Å²) in [5.74, 6) is -0.199. The second-order valence-electron chi connectivity index (χ2n) is 4.54. The molecule has 102 valence electrons. The number of benzene rings is 1. The molecule has 19 heavy (non-hydrogen) atoms. The van der Waals surface area contributed by atoms with Crippen molar-refractivity contribution in [1.29, 1.82) is 0 Å². The first-order valence-electron chi connectivity index (χ1n) is 6.20. The van der Waals surface area contributed by atoms with Crippen LogP contribution in [-0.4, -0.2) is 18.6 Å². The molecule has 3 nitrogen and oxygen atoms in total. The molecule has 1 aromatic carbocycles. The fraction of sp³-hybridized carbons (Fsp3) is 0.357. The van der Waals surface area contributed by atoms with Gasteiger partial charge in [-0.15, -0.1) is 11.3 Å². The summed E-state index contributed by atoms with van der Waals surface area (Å²) in [5, 5.41) is 0. The van der Waals surface area contributed by atoms with Gasteiger partial charge < -0.3 is 10.6 Å². The Labute approximate surface area is 116 Å². The predicted octanol–water partition coefficient (Wildman–Crippen LogP) is 2.73. The van der Waals surface area contributed by atoms with Crippen molar-refractivity contribution in [3.05, 3.63) is 45.7 Å². The molecule has 0 unspecified atom stereocenters. The van der Waals surface area contributed by atoms with Crippen LogP contribution < -0.4 is 10.6 Å². The van der Waals surface area contributed by atoms with Crippen molar-refractivity contribution < 1.29 is 4.39 Å². The van der Waals surface area contributed by atoms with Crippen molar-refractivity contribution >= 4 is 17.0 Å². The van der Waals surface area contributed by atoms with Crippen LogP contribution in [0.4, 0.5) is 10.1 Å². The quantitative estimate of drug-likeness (QED) is 0.915. The van der Waals surface area contributed by atoms with Crippen LogP contribution >= 0.6 is 11.3 Å². The first kappa shape index (κ1) is 14.0. The molecule has 0 amide bonds. The Balaban J connectivity index is 2.15. The lowest BCUT2D eigenvalue weighted by atomic mass is 10.1. The first-order valence-corrected chi connectivity index (χ1v) is 7.08. The summed E-state index contributed by atoms with van der Waals surface area (Å²) in [5.41, 5.74) is 9.85. The highest BCUT2D eigenvalue weighted by Gasteiger charge is 2.11. The van der Waals surface area contributed by atoms with Gasteiger partial charge in [-0.3, -0.25) is 0 Å². The highest BCUT2D eigenvalue weighted by atomic mass is 32.1. The van der Waals surface area contributed by atoms with E-state index in [0.29, 0.717) is 25.2 Å². The predicted molar refractivity (Wildman–Crippen MR) is 78.1 cm³/mol. The van der Waals surface area contributed by atoms with E-state index in [1.165, 1.54) is 0 Å². The number of hydrogen-bond acceptors (Lipinski definition) is 4. The van der Waals surface area contributed by atoms with Gasteiger partial charge in [-0.05, 0) is 37.6 Å². The van der Waals surface area contributed by atoms with Gasteiger partial charge in [0.15, 0.2) is 0 Å². The van der Waals surface area contributed by atoms with Gasteiger partial charge in [0.05, 0.1) is 23.4 Å². The molecule has 0 radical (unpaired) electrons. The topological polar surface area (TPSA) is 42.2 Å². The molecule has 2 rings (SSSR count). The SMILES string of the molecule is Cc1ncsc1CN(C)c1ccc(CCN)cc1F. The Morgan fingerprint density at radius 2 is 2.21 bits per heavy atom. The molecule has 0 bridgehead atoms.